The van der Waals surface area contributed by atoms with Gasteiger partial charge in [0.2, 0.25) is 0 Å². The molecule has 0 aromatic heterocycles. The Hall–Kier alpha value is -2.50. The van der Waals surface area contributed by atoms with Crippen molar-refractivity contribution in [1.29, 1.82) is 0 Å². The summed E-state index contributed by atoms with van der Waals surface area (Å²) in [6, 6.07) is 8.02. The van der Waals surface area contributed by atoms with E-state index in [-0.39, 0.29) is 25.1 Å². The molecule has 2 aromatic rings. The highest BCUT2D eigenvalue weighted by Crippen LogP contribution is 2.33. The van der Waals surface area contributed by atoms with Crippen LogP contribution < -0.4 is 30.5 Å². The number of aromatic carboxylic acids is 1. The van der Waals surface area contributed by atoms with E-state index in [0.717, 1.165) is 4.90 Å². The van der Waals surface area contributed by atoms with E-state index in [9.17, 15) is 39.6 Å². The van der Waals surface area contributed by atoms with Gasteiger partial charge in [0.05, 0.1) is 37.1 Å². The Bertz CT molecular complexity index is 1050. The summed E-state index contributed by atoms with van der Waals surface area (Å²) in [5.41, 5.74) is 0.668. The van der Waals surface area contributed by atoms with Gasteiger partial charge < -0.3 is 49.7 Å². The minimum absolute atomic E-state index is 0.0142. The van der Waals surface area contributed by atoms with Gasteiger partial charge in [-0.05, 0) is 99.1 Å². The first-order valence-corrected chi connectivity index (χ1v) is 12.2. The maximum Gasteiger partial charge on any atom is 0.154 e. The monoisotopic (exact) mass is 708 g/mol. The number of carbonyl (C=O) groups is 4. The first-order valence-electron chi connectivity index (χ1n) is 9.99. The van der Waals surface area contributed by atoms with Gasteiger partial charge in [0.25, 0.3) is 0 Å². The topological polar surface area (TPSA) is 185 Å². The standard InChI is InChI=1S/C22H22I2N2O9/c23-15-7-12(8-16(24)20(15)35-14-3-1-13(2-4-14)21(31)32)9-17(22(33)34)25-5-6-26(10-18(27)28)11-19(29)30/h1-4,7-8,17,25H,5-6,9-11H2,(H,27,28)(H,29,30)(H,31,32)(H,33,34)/p-4/t17-/m0/s1. The van der Waals surface area contributed by atoms with Gasteiger partial charge in [0.15, 0.2) is 5.75 Å². The Labute approximate surface area is 227 Å². The van der Waals surface area contributed by atoms with Crippen molar-refractivity contribution in [2.75, 3.05) is 26.2 Å². The average molecular weight is 708 g/mol. The number of carboxylic acids is 4. The van der Waals surface area contributed by atoms with Gasteiger partial charge in [0, 0.05) is 26.2 Å². The second-order valence-corrected chi connectivity index (χ2v) is 9.61. The molecule has 0 saturated heterocycles. The summed E-state index contributed by atoms with van der Waals surface area (Å²) in [5.74, 6) is -4.70. The fraction of sp³-hybridized carbons (Fsp3) is 0.273. The van der Waals surface area contributed by atoms with E-state index in [1.165, 1.54) is 24.3 Å². The summed E-state index contributed by atoms with van der Waals surface area (Å²) in [6.45, 7) is -1.36. The summed E-state index contributed by atoms with van der Waals surface area (Å²) < 4.78 is 7.21. The third kappa shape index (κ3) is 9.58. The maximum atomic E-state index is 11.6. The van der Waals surface area contributed by atoms with Crippen LogP contribution in [0, 0.1) is 7.14 Å². The van der Waals surface area contributed by atoms with Crippen LogP contribution in [0.25, 0.3) is 0 Å². The lowest BCUT2D eigenvalue weighted by molar-refractivity contribution is -0.312. The molecule has 0 heterocycles. The quantitative estimate of drug-likeness (QED) is 0.199. The summed E-state index contributed by atoms with van der Waals surface area (Å²) in [7, 11) is 0. The summed E-state index contributed by atoms with van der Waals surface area (Å²) in [5, 5.41) is 46.7. The minimum atomic E-state index is -1.47. The largest absolute Gasteiger partial charge is 0.549 e. The van der Waals surface area contributed by atoms with Crippen LogP contribution in [0.1, 0.15) is 15.9 Å². The van der Waals surface area contributed by atoms with Crippen LogP contribution >= 0.6 is 45.2 Å². The molecule has 0 aliphatic carbocycles. The molecule has 2 rings (SSSR count). The molecular formula is C22H18I2N2O9-4. The van der Waals surface area contributed by atoms with E-state index in [1.54, 1.807) is 12.1 Å². The molecule has 0 aliphatic heterocycles. The lowest BCUT2D eigenvalue weighted by Gasteiger charge is -2.26. The molecule has 0 bridgehead atoms. The van der Waals surface area contributed by atoms with Crippen molar-refractivity contribution in [3.63, 3.8) is 0 Å². The van der Waals surface area contributed by atoms with Crippen molar-refractivity contribution in [2.45, 2.75) is 12.5 Å². The highest BCUT2D eigenvalue weighted by molar-refractivity contribution is 14.1. The number of hydrogen-bond acceptors (Lipinski definition) is 11. The first-order chi connectivity index (χ1) is 16.5. The van der Waals surface area contributed by atoms with Crippen LogP contribution in [-0.4, -0.2) is 61.0 Å². The molecule has 0 amide bonds. The van der Waals surface area contributed by atoms with E-state index >= 15 is 0 Å². The third-order valence-electron chi connectivity index (χ3n) is 4.62. The molecule has 1 N–H and O–H groups in total. The number of carboxylic acid groups (broad SMARTS) is 4. The molecule has 35 heavy (non-hydrogen) atoms. The Morgan fingerprint density at radius 1 is 0.914 bits per heavy atom. The normalized spacial score (nSPS) is 11.7. The summed E-state index contributed by atoms with van der Waals surface area (Å²) >= 11 is 4.06. The Morgan fingerprint density at radius 2 is 1.46 bits per heavy atom. The molecule has 0 aliphatic rings. The number of carbonyl (C=O) groups excluding carboxylic acids is 4. The van der Waals surface area contributed by atoms with Crippen molar-refractivity contribution >= 4 is 69.1 Å². The van der Waals surface area contributed by atoms with Crippen LogP contribution in [0.3, 0.4) is 0 Å². The Balaban J connectivity index is 2.06. The number of halogens is 2. The number of nitrogens with one attached hydrogen (secondary N) is 1. The highest BCUT2D eigenvalue weighted by Gasteiger charge is 2.16. The highest BCUT2D eigenvalue weighted by atomic mass is 127. The van der Waals surface area contributed by atoms with Gasteiger partial charge in [-0.25, -0.2) is 0 Å². The van der Waals surface area contributed by atoms with Gasteiger partial charge in [-0.15, -0.1) is 0 Å². The van der Waals surface area contributed by atoms with E-state index < -0.39 is 43.0 Å². The van der Waals surface area contributed by atoms with Crippen molar-refractivity contribution in [3.8, 4) is 11.5 Å². The first kappa shape index (κ1) is 28.7. The van der Waals surface area contributed by atoms with Crippen LogP contribution in [0.2, 0.25) is 0 Å². The van der Waals surface area contributed by atoms with Crippen molar-refractivity contribution in [1.82, 2.24) is 10.2 Å². The van der Waals surface area contributed by atoms with Crippen molar-refractivity contribution in [2.24, 2.45) is 0 Å². The molecular weight excluding hydrogens is 690 g/mol. The molecule has 13 heteroatoms. The molecule has 0 unspecified atom stereocenters. The molecule has 11 nitrogen and oxygen atoms in total. The zero-order valence-electron chi connectivity index (χ0n) is 18.0. The van der Waals surface area contributed by atoms with Crippen LogP contribution in [0.4, 0.5) is 0 Å². The maximum absolute atomic E-state index is 11.6. The smallest absolute Gasteiger partial charge is 0.154 e. The zero-order valence-corrected chi connectivity index (χ0v) is 22.3. The number of ether oxygens (including phenoxy) is 1. The second-order valence-electron chi connectivity index (χ2n) is 7.29. The zero-order chi connectivity index (χ0) is 26.1. The second kappa shape index (κ2) is 13.6. The number of benzene rings is 2. The van der Waals surface area contributed by atoms with E-state index in [1.807, 2.05) is 45.2 Å². The molecule has 1 atom stereocenters. The lowest BCUT2D eigenvalue weighted by atomic mass is 10.1. The van der Waals surface area contributed by atoms with Gasteiger partial charge in [-0.1, -0.05) is 0 Å². The number of hydrogen-bond donors (Lipinski definition) is 1. The number of rotatable bonds is 14. The predicted molar refractivity (Wildman–Crippen MR) is 130 cm³/mol. The third-order valence-corrected chi connectivity index (χ3v) is 6.22. The molecule has 0 spiro atoms. The number of nitrogens with zero attached hydrogens (tertiary/aromatic N) is 1. The van der Waals surface area contributed by atoms with Crippen LogP contribution in [0.5, 0.6) is 11.5 Å². The molecule has 188 valence electrons. The fourth-order valence-corrected chi connectivity index (χ4v) is 5.17. The molecule has 0 fully saturated rings. The van der Waals surface area contributed by atoms with Gasteiger partial charge >= 0.3 is 0 Å². The van der Waals surface area contributed by atoms with E-state index in [2.05, 4.69) is 5.32 Å². The van der Waals surface area contributed by atoms with E-state index in [0.29, 0.717) is 24.2 Å². The molecule has 0 radical (unpaired) electrons. The van der Waals surface area contributed by atoms with Gasteiger partial charge in [0.1, 0.15) is 5.75 Å². The molecule has 0 saturated carbocycles. The van der Waals surface area contributed by atoms with Gasteiger partial charge in [-0.3, -0.25) is 4.90 Å². The molecule has 2 aromatic carbocycles. The lowest BCUT2D eigenvalue weighted by Crippen LogP contribution is -2.51. The van der Waals surface area contributed by atoms with Crippen LogP contribution in [-0.2, 0) is 20.8 Å². The summed E-state index contributed by atoms with van der Waals surface area (Å²) in [6.07, 6.45) is 0.0376. The Kier molecular flexibility index (Phi) is 11.1. The van der Waals surface area contributed by atoms with Crippen molar-refractivity contribution in [3.05, 3.63) is 54.7 Å². The van der Waals surface area contributed by atoms with Crippen molar-refractivity contribution < 1.29 is 44.3 Å². The minimum Gasteiger partial charge on any atom is -0.549 e. The average Bonchev–Trinajstić information content (AvgIpc) is 2.75. The number of aliphatic carboxylic acids is 3. The Morgan fingerprint density at radius 3 is 1.91 bits per heavy atom. The SMILES string of the molecule is O=C([O-])CN(CCN[C@@H](Cc1cc(I)c(Oc2ccc(C(=O)[O-])cc2)c(I)c1)C(=O)[O-])CC(=O)[O-]. The fourth-order valence-electron chi connectivity index (χ4n) is 3.06. The predicted octanol–water partition coefficient (Wildman–Crippen LogP) is -2.90. The summed E-state index contributed by atoms with van der Waals surface area (Å²) in [4.78, 5) is 45.1. The van der Waals surface area contributed by atoms with E-state index in [4.69, 9.17) is 4.74 Å². The van der Waals surface area contributed by atoms with Crippen LogP contribution in [0.15, 0.2) is 36.4 Å². The van der Waals surface area contributed by atoms with Gasteiger partial charge in [-0.2, -0.15) is 0 Å².